The standard InChI is InChI=1S/C17H22N2O2/c1-2-19(14-5-3-4-6-14)17(21)13-7-9-15-12(11-13)8-10-16(20)18-15/h7,9,11,14H,2-6,8,10H2,1H3,(H,18,20). The van der Waals surface area contributed by atoms with E-state index < -0.39 is 0 Å². The zero-order valence-corrected chi connectivity index (χ0v) is 12.5. The first-order valence-electron chi connectivity index (χ1n) is 7.93. The average molecular weight is 286 g/mol. The van der Waals surface area contributed by atoms with Crippen LogP contribution in [0.1, 0.15) is 54.9 Å². The van der Waals surface area contributed by atoms with Gasteiger partial charge in [-0.25, -0.2) is 0 Å². The van der Waals surface area contributed by atoms with Gasteiger partial charge in [0.15, 0.2) is 0 Å². The molecule has 1 N–H and O–H groups in total. The van der Waals surface area contributed by atoms with E-state index in [4.69, 9.17) is 0 Å². The fraction of sp³-hybridized carbons (Fsp3) is 0.529. The third-order valence-corrected chi connectivity index (χ3v) is 4.61. The Morgan fingerprint density at radius 3 is 2.76 bits per heavy atom. The summed E-state index contributed by atoms with van der Waals surface area (Å²) in [6, 6.07) is 6.06. The average Bonchev–Trinajstić information content (AvgIpc) is 3.01. The molecule has 4 heteroatoms. The van der Waals surface area contributed by atoms with E-state index in [-0.39, 0.29) is 11.8 Å². The Hall–Kier alpha value is -1.84. The maximum absolute atomic E-state index is 12.8. The number of amides is 2. The van der Waals surface area contributed by atoms with Crippen molar-refractivity contribution in [2.45, 2.75) is 51.5 Å². The Bertz CT molecular complexity index is 562. The molecule has 2 amide bonds. The van der Waals surface area contributed by atoms with E-state index in [1.54, 1.807) is 0 Å². The molecule has 1 heterocycles. The molecule has 0 spiro atoms. The number of anilines is 1. The van der Waals surface area contributed by atoms with Gasteiger partial charge in [-0.3, -0.25) is 9.59 Å². The molecular formula is C17H22N2O2. The summed E-state index contributed by atoms with van der Waals surface area (Å²) in [7, 11) is 0. The second-order valence-corrected chi connectivity index (χ2v) is 5.95. The van der Waals surface area contributed by atoms with Gasteiger partial charge in [0.2, 0.25) is 5.91 Å². The summed E-state index contributed by atoms with van der Waals surface area (Å²) in [5.74, 6) is 0.187. The molecule has 1 aromatic carbocycles. The molecule has 1 saturated carbocycles. The molecule has 1 fully saturated rings. The number of benzene rings is 1. The number of carbonyl (C=O) groups is 2. The predicted molar refractivity (Wildman–Crippen MR) is 82.4 cm³/mol. The summed E-state index contributed by atoms with van der Waals surface area (Å²) < 4.78 is 0. The second-order valence-electron chi connectivity index (χ2n) is 5.95. The van der Waals surface area contributed by atoms with Crippen molar-refractivity contribution in [2.24, 2.45) is 0 Å². The largest absolute Gasteiger partial charge is 0.336 e. The second kappa shape index (κ2) is 5.88. The van der Waals surface area contributed by atoms with Crippen LogP contribution >= 0.6 is 0 Å². The number of nitrogens with one attached hydrogen (secondary N) is 1. The number of fused-ring (bicyclic) bond motifs is 1. The molecule has 1 aromatic rings. The van der Waals surface area contributed by atoms with Gasteiger partial charge in [0.05, 0.1) is 0 Å². The molecule has 112 valence electrons. The van der Waals surface area contributed by atoms with Gasteiger partial charge in [-0.1, -0.05) is 12.8 Å². The topological polar surface area (TPSA) is 49.4 Å². The van der Waals surface area contributed by atoms with Crippen LogP contribution in [0, 0.1) is 0 Å². The summed E-state index contributed by atoms with van der Waals surface area (Å²) in [6.07, 6.45) is 5.93. The summed E-state index contributed by atoms with van der Waals surface area (Å²) in [5.41, 5.74) is 2.67. The van der Waals surface area contributed by atoms with E-state index >= 15 is 0 Å². The first-order valence-corrected chi connectivity index (χ1v) is 7.93. The van der Waals surface area contributed by atoms with Crippen LogP contribution in [0.25, 0.3) is 0 Å². The summed E-state index contributed by atoms with van der Waals surface area (Å²) in [6.45, 7) is 2.81. The van der Waals surface area contributed by atoms with E-state index in [1.807, 2.05) is 23.1 Å². The molecule has 21 heavy (non-hydrogen) atoms. The normalized spacial score (nSPS) is 18.2. The van der Waals surface area contributed by atoms with E-state index in [1.165, 1.54) is 12.8 Å². The van der Waals surface area contributed by atoms with Crippen LogP contribution in [0.2, 0.25) is 0 Å². The molecule has 4 nitrogen and oxygen atoms in total. The van der Waals surface area contributed by atoms with Crippen LogP contribution in [0.5, 0.6) is 0 Å². The van der Waals surface area contributed by atoms with Gasteiger partial charge in [0.1, 0.15) is 0 Å². The smallest absolute Gasteiger partial charge is 0.254 e. The van der Waals surface area contributed by atoms with Gasteiger partial charge < -0.3 is 10.2 Å². The molecule has 1 aliphatic heterocycles. The number of hydrogen-bond donors (Lipinski definition) is 1. The number of hydrogen-bond acceptors (Lipinski definition) is 2. The minimum Gasteiger partial charge on any atom is -0.336 e. The minimum absolute atomic E-state index is 0.0581. The van der Waals surface area contributed by atoms with Crippen molar-refractivity contribution in [3.63, 3.8) is 0 Å². The zero-order valence-electron chi connectivity index (χ0n) is 12.5. The lowest BCUT2D eigenvalue weighted by atomic mass is 9.99. The van der Waals surface area contributed by atoms with Gasteiger partial charge in [-0.05, 0) is 49.9 Å². The number of aryl methyl sites for hydroxylation is 1. The highest BCUT2D eigenvalue weighted by molar-refractivity contribution is 5.98. The molecular weight excluding hydrogens is 264 g/mol. The van der Waals surface area contributed by atoms with Gasteiger partial charge in [0.25, 0.3) is 5.91 Å². The highest BCUT2D eigenvalue weighted by atomic mass is 16.2. The van der Waals surface area contributed by atoms with Crippen molar-refractivity contribution in [3.8, 4) is 0 Å². The Morgan fingerprint density at radius 2 is 2.05 bits per heavy atom. The Labute approximate surface area is 125 Å². The van der Waals surface area contributed by atoms with E-state index in [0.29, 0.717) is 12.5 Å². The maximum atomic E-state index is 12.8. The van der Waals surface area contributed by atoms with Crippen LogP contribution in [0.3, 0.4) is 0 Å². The van der Waals surface area contributed by atoms with Crippen LogP contribution < -0.4 is 5.32 Å². The zero-order chi connectivity index (χ0) is 14.8. The Kier molecular flexibility index (Phi) is 3.95. The molecule has 0 unspecified atom stereocenters. The lowest BCUT2D eigenvalue weighted by Gasteiger charge is -2.28. The van der Waals surface area contributed by atoms with Crippen LogP contribution in [-0.4, -0.2) is 29.3 Å². The third kappa shape index (κ3) is 2.80. The van der Waals surface area contributed by atoms with Crippen molar-refractivity contribution < 1.29 is 9.59 Å². The molecule has 0 bridgehead atoms. The highest BCUT2D eigenvalue weighted by Gasteiger charge is 2.27. The van der Waals surface area contributed by atoms with E-state index in [9.17, 15) is 9.59 Å². The van der Waals surface area contributed by atoms with Gasteiger partial charge in [-0.15, -0.1) is 0 Å². The Morgan fingerprint density at radius 1 is 1.29 bits per heavy atom. The highest BCUT2D eigenvalue weighted by Crippen LogP contribution is 2.27. The molecule has 0 atom stereocenters. The summed E-state index contributed by atoms with van der Waals surface area (Å²) in [5, 5.41) is 2.86. The summed E-state index contributed by atoms with van der Waals surface area (Å²) >= 11 is 0. The molecule has 2 aliphatic rings. The fourth-order valence-electron chi connectivity index (χ4n) is 3.47. The number of rotatable bonds is 3. The summed E-state index contributed by atoms with van der Waals surface area (Å²) in [4.78, 5) is 26.1. The molecule has 0 aromatic heterocycles. The monoisotopic (exact) mass is 286 g/mol. The van der Waals surface area contributed by atoms with Crippen LogP contribution in [-0.2, 0) is 11.2 Å². The SMILES string of the molecule is CCN(C(=O)c1ccc2c(c1)CCC(=O)N2)C1CCCC1. The van der Waals surface area contributed by atoms with Gasteiger partial charge in [-0.2, -0.15) is 0 Å². The Balaban J connectivity index is 1.82. The van der Waals surface area contributed by atoms with Crippen molar-refractivity contribution >= 4 is 17.5 Å². The van der Waals surface area contributed by atoms with Crippen LogP contribution in [0.4, 0.5) is 5.69 Å². The van der Waals surface area contributed by atoms with Crippen molar-refractivity contribution in [2.75, 3.05) is 11.9 Å². The van der Waals surface area contributed by atoms with Crippen LogP contribution in [0.15, 0.2) is 18.2 Å². The molecule has 1 aliphatic carbocycles. The lowest BCUT2D eigenvalue weighted by molar-refractivity contribution is -0.116. The maximum Gasteiger partial charge on any atom is 0.254 e. The first kappa shape index (κ1) is 14.1. The molecule has 0 saturated heterocycles. The number of nitrogens with zero attached hydrogens (tertiary/aromatic N) is 1. The van der Waals surface area contributed by atoms with Gasteiger partial charge in [0, 0.05) is 30.3 Å². The van der Waals surface area contributed by atoms with Crippen molar-refractivity contribution in [1.29, 1.82) is 0 Å². The quantitative estimate of drug-likeness (QED) is 0.928. The third-order valence-electron chi connectivity index (χ3n) is 4.61. The van der Waals surface area contributed by atoms with E-state index in [2.05, 4.69) is 12.2 Å². The van der Waals surface area contributed by atoms with Crippen molar-refractivity contribution in [3.05, 3.63) is 29.3 Å². The molecule has 0 radical (unpaired) electrons. The van der Waals surface area contributed by atoms with E-state index in [0.717, 1.165) is 42.6 Å². The minimum atomic E-state index is 0.0581. The lowest BCUT2D eigenvalue weighted by Crippen LogP contribution is -2.38. The molecule has 3 rings (SSSR count). The fourth-order valence-corrected chi connectivity index (χ4v) is 3.47. The van der Waals surface area contributed by atoms with Gasteiger partial charge >= 0.3 is 0 Å². The number of carbonyl (C=O) groups excluding carboxylic acids is 2. The van der Waals surface area contributed by atoms with Crippen molar-refractivity contribution in [1.82, 2.24) is 4.90 Å². The predicted octanol–water partition coefficient (Wildman–Crippen LogP) is 2.98. The first-order chi connectivity index (χ1) is 10.2.